The van der Waals surface area contributed by atoms with Crippen molar-refractivity contribution in [3.63, 3.8) is 0 Å². The minimum absolute atomic E-state index is 0.670. The van der Waals surface area contributed by atoms with Crippen molar-refractivity contribution in [1.82, 2.24) is 5.32 Å². The van der Waals surface area contributed by atoms with Crippen LogP contribution in [0, 0.1) is 5.92 Å². The van der Waals surface area contributed by atoms with Gasteiger partial charge in [0, 0.05) is 17.5 Å². The Morgan fingerprint density at radius 1 is 1.33 bits per heavy atom. The third-order valence-corrected chi connectivity index (χ3v) is 4.94. The molecule has 1 aliphatic heterocycles. The normalized spacial score (nSPS) is 26.8. The van der Waals surface area contributed by atoms with Gasteiger partial charge in [0.2, 0.25) is 0 Å². The molecule has 1 aromatic rings. The zero-order valence-electron chi connectivity index (χ0n) is 9.17. The van der Waals surface area contributed by atoms with Crippen molar-refractivity contribution in [3.05, 3.63) is 21.9 Å². The Hall–Kier alpha value is -0.340. The summed E-state index contributed by atoms with van der Waals surface area (Å²) in [6.45, 7) is 1.19. The molecule has 1 unspecified atom stereocenters. The standard InChI is InChI=1S/C13H19NS/c1-2-4-10(3-1)9-12-11-6-8-15-13(11)5-7-14-12/h6,8,10,12,14H,1-5,7,9H2. The molecule has 0 bridgehead atoms. The van der Waals surface area contributed by atoms with Crippen molar-refractivity contribution in [3.8, 4) is 0 Å². The SMILES string of the molecule is c1cc2c(s1)CCNC2CC1CCCC1. The lowest BCUT2D eigenvalue weighted by atomic mass is 9.91. The summed E-state index contributed by atoms with van der Waals surface area (Å²) >= 11 is 1.95. The highest BCUT2D eigenvalue weighted by Crippen LogP contribution is 2.36. The van der Waals surface area contributed by atoms with Gasteiger partial charge in [-0.2, -0.15) is 0 Å². The second kappa shape index (κ2) is 4.26. The Labute approximate surface area is 95.9 Å². The van der Waals surface area contributed by atoms with Crippen LogP contribution < -0.4 is 5.32 Å². The van der Waals surface area contributed by atoms with Crippen LogP contribution in [-0.4, -0.2) is 6.54 Å². The summed E-state index contributed by atoms with van der Waals surface area (Å²) in [5, 5.41) is 5.96. The molecule has 0 saturated heterocycles. The lowest BCUT2D eigenvalue weighted by Crippen LogP contribution is -2.29. The van der Waals surface area contributed by atoms with Gasteiger partial charge in [-0.05, 0) is 35.8 Å². The summed E-state index contributed by atoms with van der Waals surface area (Å²) in [5.74, 6) is 0.994. The van der Waals surface area contributed by atoms with E-state index in [2.05, 4.69) is 16.8 Å². The van der Waals surface area contributed by atoms with E-state index >= 15 is 0 Å². The highest BCUT2D eigenvalue weighted by atomic mass is 32.1. The van der Waals surface area contributed by atoms with Crippen LogP contribution >= 0.6 is 11.3 Å². The number of fused-ring (bicyclic) bond motifs is 1. The Balaban J connectivity index is 1.72. The molecule has 0 spiro atoms. The predicted molar refractivity (Wildman–Crippen MR) is 65.3 cm³/mol. The van der Waals surface area contributed by atoms with Gasteiger partial charge in [0.15, 0.2) is 0 Å². The summed E-state index contributed by atoms with van der Waals surface area (Å²) in [7, 11) is 0. The Morgan fingerprint density at radius 3 is 3.07 bits per heavy atom. The number of rotatable bonds is 2. The zero-order chi connectivity index (χ0) is 10.1. The summed E-state index contributed by atoms with van der Waals surface area (Å²) in [4.78, 5) is 1.64. The first-order valence-corrected chi connectivity index (χ1v) is 7.11. The topological polar surface area (TPSA) is 12.0 Å². The molecule has 1 N–H and O–H groups in total. The van der Waals surface area contributed by atoms with Crippen molar-refractivity contribution in [2.75, 3.05) is 6.54 Å². The van der Waals surface area contributed by atoms with E-state index in [0.717, 1.165) is 5.92 Å². The van der Waals surface area contributed by atoms with Crippen molar-refractivity contribution in [2.24, 2.45) is 5.92 Å². The van der Waals surface area contributed by atoms with Crippen LogP contribution in [0.4, 0.5) is 0 Å². The van der Waals surface area contributed by atoms with Gasteiger partial charge in [-0.3, -0.25) is 0 Å². The molecule has 1 fully saturated rings. The molecular formula is C13H19NS. The van der Waals surface area contributed by atoms with E-state index in [-0.39, 0.29) is 0 Å². The zero-order valence-corrected chi connectivity index (χ0v) is 9.98. The summed E-state index contributed by atoms with van der Waals surface area (Å²) in [6.07, 6.45) is 8.50. The fraction of sp³-hybridized carbons (Fsp3) is 0.692. The van der Waals surface area contributed by atoms with Crippen molar-refractivity contribution >= 4 is 11.3 Å². The molecule has 15 heavy (non-hydrogen) atoms. The molecule has 0 amide bonds. The maximum atomic E-state index is 3.69. The van der Waals surface area contributed by atoms with Gasteiger partial charge < -0.3 is 5.32 Å². The van der Waals surface area contributed by atoms with Gasteiger partial charge >= 0.3 is 0 Å². The Kier molecular flexibility index (Phi) is 2.80. The van der Waals surface area contributed by atoms with Crippen LogP contribution in [0.1, 0.15) is 48.6 Å². The molecule has 2 heterocycles. The lowest BCUT2D eigenvalue weighted by Gasteiger charge is -2.26. The van der Waals surface area contributed by atoms with Crippen LogP contribution in [0.2, 0.25) is 0 Å². The molecule has 1 aliphatic carbocycles. The second-order valence-electron chi connectivity index (χ2n) is 4.94. The molecule has 0 aromatic carbocycles. The highest BCUT2D eigenvalue weighted by Gasteiger charge is 2.25. The van der Waals surface area contributed by atoms with E-state index in [1.54, 1.807) is 10.4 Å². The average Bonchev–Trinajstić information content (AvgIpc) is 2.87. The van der Waals surface area contributed by atoms with Crippen LogP contribution in [0.15, 0.2) is 11.4 Å². The van der Waals surface area contributed by atoms with Crippen LogP contribution in [0.25, 0.3) is 0 Å². The third-order valence-electron chi connectivity index (χ3n) is 3.94. The molecule has 82 valence electrons. The molecule has 1 aromatic heterocycles. The van der Waals surface area contributed by atoms with Crippen LogP contribution in [-0.2, 0) is 6.42 Å². The first-order chi connectivity index (χ1) is 7.43. The number of hydrogen-bond acceptors (Lipinski definition) is 2. The minimum Gasteiger partial charge on any atom is -0.310 e. The molecule has 1 atom stereocenters. The van der Waals surface area contributed by atoms with E-state index in [0.29, 0.717) is 6.04 Å². The van der Waals surface area contributed by atoms with Gasteiger partial charge in [-0.15, -0.1) is 11.3 Å². The maximum Gasteiger partial charge on any atom is 0.0334 e. The van der Waals surface area contributed by atoms with E-state index in [1.807, 2.05) is 11.3 Å². The van der Waals surface area contributed by atoms with Gasteiger partial charge in [-0.25, -0.2) is 0 Å². The quantitative estimate of drug-likeness (QED) is 0.806. The number of hydrogen-bond donors (Lipinski definition) is 1. The highest BCUT2D eigenvalue weighted by molar-refractivity contribution is 7.10. The Bertz CT molecular complexity index is 325. The fourth-order valence-corrected chi connectivity index (χ4v) is 4.07. The molecule has 2 heteroatoms. The van der Waals surface area contributed by atoms with E-state index in [1.165, 1.54) is 45.1 Å². The van der Waals surface area contributed by atoms with Crippen molar-refractivity contribution < 1.29 is 0 Å². The first kappa shape index (κ1) is 9.86. The molecule has 3 rings (SSSR count). The molecule has 1 saturated carbocycles. The lowest BCUT2D eigenvalue weighted by molar-refractivity contribution is 0.385. The average molecular weight is 221 g/mol. The molecule has 2 aliphatic rings. The number of nitrogens with one attached hydrogen (secondary N) is 1. The Morgan fingerprint density at radius 2 is 2.20 bits per heavy atom. The smallest absolute Gasteiger partial charge is 0.0334 e. The number of thiophene rings is 1. The molecular weight excluding hydrogens is 202 g/mol. The summed E-state index contributed by atoms with van der Waals surface area (Å²) < 4.78 is 0. The van der Waals surface area contributed by atoms with Crippen LogP contribution in [0.3, 0.4) is 0 Å². The van der Waals surface area contributed by atoms with E-state index in [9.17, 15) is 0 Å². The van der Waals surface area contributed by atoms with E-state index in [4.69, 9.17) is 0 Å². The maximum absolute atomic E-state index is 3.69. The monoisotopic (exact) mass is 221 g/mol. The van der Waals surface area contributed by atoms with Gasteiger partial charge in [0.1, 0.15) is 0 Å². The summed E-state index contributed by atoms with van der Waals surface area (Å²) in [5.41, 5.74) is 1.61. The largest absolute Gasteiger partial charge is 0.310 e. The van der Waals surface area contributed by atoms with Crippen LogP contribution in [0.5, 0.6) is 0 Å². The third kappa shape index (κ3) is 1.98. The minimum atomic E-state index is 0.670. The predicted octanol–water partition coefficient (Wildman–Crippen LogP) is 3.52. The second-order valence-corrected chi connectivity index (χ2v) is 5.94. The first-order valence-electron chi connectivity index (χ1n) is 6.23. The summed E-state index contributed by atoms with van der Waals surface area (Å²) in [6, 6.07) is 3.01. The van der Waals surface area contributed by atoms with Gasteiger partial charge in [0.05, 0.1) is 0 Å². The van der Waals surface area contributed by atoms with Gasteiger partial charge in [0.25, 0.3) is 0 Å². The fourth-order valence-electron chi connectivity index (χ4n) is 3.12. The van der Waals surface area contributed by atoms with Crippen molar-refractivity contribution in [2.45, 2.75) is 44.6 Å². The molecule has 0 radical (unpaired) electrons. The van der Waals surface area contributed by atoms with E-state index < -0.39 is 0 Å². The molecule has 1 nitrogen and oxygen atoms in total. The van der Waals surface area contributed by atoms with Gasteiger partial charge in [-0.1, -0.05) is 25.7 Å². The van der Waals surface area contributed by atoms with Crippen molar-refractivity contribution in [1.29, 1.82) is 0 Å².